The van der Waals surface area contributed by atoms with Crippen molar-refractivity contribution in [3.8, 4) is 5.75 Å². The standard InChI is InChI=1S/C10H12FN3O4/c1-13-8(10(12)15)5-18-9-3-2-6(14(16)17)4-7(9)11/h2-4,8,13H,5H2,1H3,(H2,12,15). The van der Waals surface area contributed by atoms with Crippen LogP contribution in [-0.4, -0.2) is 30.5 Å². The summed E-state index contributed by atoms with van der Waals surface area (Å²) in [5.41, 5.74) is 4.67. The van der Waals surface area contributed by atoms with Gasteiger partial charge in [-0.05, 0) is 13.1 Å². The first-order valence-electron chi connectivity index (χ1n) is 4.99. The van der Waals surface area contributed by atoms with Crippen LogP contribution in [0.5, 0.6) is 5.75 Å². The molecule has 0 radical (unpaired) electrons. The van der Waals surface area contributed by atoms with Crippen molar-refractivity contribution in [2.75, 3.05) is 13.7 Å². The van der Waals surface area contributed by atoms with Crippen molar-refractivity contribution in [3.63, 3.8) is 0 Å². The highest BCUT2D eigenvalue weighted by atomic mass is 19.1. The Bertz CT molecular complexity index is 466. The predicted octanol–water partition coefficient (Wildman–Crippen LogP) is 0.186. The van der Waals surface area contributed by atoms with E-state index in [2.05, 4.69) is 5.32 Å². The quantitative estimate of drug-likeness (QED) is 0.558. The Hall–Kier alpha value is -2.22. The van der Waals surface area contributed by atoms with Crippen LogP contribution in [0.15, 0.2) is 18.2 Å². The number of likely N-dealkylation sites (N-methyl/N-ethyl adjacent to an activating group) is 1. The number of nitrogens with one attached hydrogen (secondary N) is 1. The Morgan fingerprint density at radius 3 is 2.78 bits per heavy atom. The van der Waals surface area contributed by atoms with Crippen molar-refractivity contribution in [2.45, 2.75) is 6.04 Å². The van der Waals surface area contributed by atoms with E-state index in [4.69, 9.17) is 10.5 Å². The fraction of sp³-hybridized carbons (Fsp3) is 0.300. The summed E-state index contributed by atoms with van der Waals surface area (Å²) in [6, 6.07) is 2.21. The number of hydrogen-bond donors (Lipinski definition) is 2. The van der Waals surface area contributed by atoms with Crippen molar-refractivity contribution < 1.29 is 18.8 Å². The molecule has 0 saturated carbocycles. The molecule has 1 rings (SSSR count). The fourth-order valence-electron chi connectivity index (χ4n) is 1.20. The Morgan fingerprint density at radius 1 is 1.67 bits per heavy atom. The molecule has 1 unspecified atom stereocenters. The number of ether oxygens (including phenoxy) is 1. The third kappa shape index (κ3) is 3.39. The second-order valence-electron chi connectivity index (χ2n) is 3.43. The van der Waals surface area contributed by atoms with Crippen LogP contribution in [0.4, 0.5) is 10.1 Å². The molecule has 3 N–H and O–H groups in total. The van der Waals surface area contributed by atoms with Crippen LogP contribution in [0.25, 0.3) is 0 Å². The molecule has 1 amide bonds. The van der Waals surface area contributed by atoms with Gasteiger partial charge in [-0.25, -0.2) is 4.39 Å². The van der Waals surface area contributed by atoms with E-state index in [0.29, 0.717) is 0 Å². The number of nitro benzene ring substituents is 1. The SMILES string of the molecule is CNC(COc1ccc([N+](=O)[O-])cc1F)C(N)=O. The van der Waals surface area contributed by atoms with Crippen LogP contribution in [-0.2, 0) is 4.79 Å². The Balaban J connectivity index is 2.74. The molecule has 18 heavy (non-hydrogen) atoms. The molecule has 0 heterocycles. The van der Waals surface area contributed by atoms with Crippen LogP contribution < -0.4 is 15.8 Å². The van der Waals surface area contributed by atoms with Crippen molar-refractivity contribution >= 4 is 11.6 Å². The number of carbonyl (C=O) groups is 1. The predicted molar refractivity (Wildman–Crippen MR) is 60.6 cm³/mol. The van der Waals surface area contributed by atoms with Crippen LogP contribution in [0.2, 0.25) is 0 Å². The molecule has 98 valence electrons. The van der Waals surface area contributed by atoms with E-state index < -0.39 is 22.7 Å². The summed E-state index contributed by atoms with van der Waals surface area (Å²) in [5, 5.41) is 13.0. The number of primary amides is 1. The maximum atomic E-state index is 13.4. The molecule has 0 spiro atoms. The average Bonchev–Trinajstić information content (AvgIpc) is 2.30. The van der Waals surface area contributed by atoms with Crippen molar-refractivity contribution in [1.29, 1.82) is 0 Å². The van der Waals surface area contributed by atoms with E-state index in [1.54, 1.807) is 0 Å². The lowest BCUT2D eigenvalue weighted by molar-refractivity contribution is -0.385. The molecule has 0 saturated heterocycles. The van der Waals surface area contributed by atoms with Crippen LogP contribution in [0.3, 0.4) is 0 Å². The second kappa shape index (κ2) is 5.92. The lowest BCUT2D eigenvalue weighted by atomic mass is 10.3. The summed E-state index contributed by atoms with van der Waals surface area (Å²) in [5.74, 6) is -1.69. The Labute approximate surface area is 102 Å². The summed E-state index contributed by atoms with van der Waals surface area (Å²) in [7, 11) is 1.50. The summed E-state index contributed by atoms with van der Waals surface area (Å²) < 4.78 is 18.4. The molecule has 7 nitrogen and oxygen atoms in total. The summed E-state index contributed by atoms with van der Waals surface area (Å²) >= 11 is 0. The Morgan fingerprint density at radius 2 is 2.33 bits per heavy atom. The van der Waals surface area contributed by atoms with E-state index in [9.17, 15) is 19.3 Å². The van der Waals surface area contributed by atoms with E-state index in [-0.39, 0.29) is 18.0 Å². The van der Waals surface area contributed by atoms with Crippen LogP contribution in [0, 0.1) is 15.9 Å². The number of benzene rings is 1. The minimum Gasteiger partial charge on any atom is -0.488 e. The molecule has 1 atom stereocenters. The first kappa shape index (κ1) is 13.8. The summed E-state index contributed by atoms with van der Waals surface area (Å²) in [6.07, 6.45) is 0. The molecule has 0 bridgehead atoms. The second-order valence-corrected chi connectivity index (χ2v) is 3.43. The van der Waals surface area contributed by atoms with Gasteiger partial charge in [-0.15, -0.1) is 0 Å². The van der Waals surface area contributed by atoms with Crippen LogP contribution >= 0.6 is 0 Å². The van der Waals surface area contributed by atoms with Gasteiger partial charge in [0, 0.05) is 6.07 Å². The molecule has 0 fully saturated rings. The van der Waals surface area contributed by atoms with Crippen LogP contribution in [0.1, 0.15) is 0 Å². The van der Waals surface area contributed by atoms with Gasteiger partial charge in [0.05, 0.1) is 11.0 Å². The van der Waals surface area contributed by atoms with Crippen molar-refractivity contribution in [2.24, 2.45) is 5.73 Å². The minimum absolute atomic E-state index is 0.166. The normalized spacial score (nSPS) is 11.9. The monoisotopic (exact) mass is 257 g/mol. The Kier molecular flexibility index (Phi) is 4.55. The van der Waals surface area contributed by atoms with Gasteiger partial charge in [0.15, 0.2) is 11.6 Å². The van der Waals surface area contributed by atoms with Gasteiger partial charge in [0.25, 0.3) is 5.69 Å². The maximum Gasteiger partial charge on any atom is 0.272 e. The molecule has 8 heteroatoms. The van der Waals surface area contributed by atoms with Gasteiger partial charge < -0.3 is 15.8 Å². The number of amides is 1. The fourth-order valence-corrected chi connectivity index (χ4v) is 1.20. The number of nitrogens with zero attached hydrogens (tertiary/aromatic N) is 1. The van der Waals surface area contributed by atoms with Gasteiger partial charge in [0.2, 0.25) is 5.91 Å². The zero-order valence-corrected chi connectivity index (χ0v) is 9.55. The van der Waals surface area contributed by atoms with Gasteiger partial charge in [-0.2, -0.15) is 0 Å². The first-order chi connectivity index (χ1) is 8.45. The van der Waals surface area contributed by atoms with E-state index in [1.165, 1.54) is 7.05 Å². The zero-order chi connectivity index (χ0) is 13.7. The van der Waals surface area contributed by atoms with Crippen molar-refractivity contribution in [1.82, 2.24) is 5.32 Å². The molecule has 1 aromatic rings. The smallest absolute Gasteiger partial charge is 0.272 e. The van der Waals surface area contributed by atoms with Gasteiger partial charge >= 0.3 is 0 Å². The highest BCUT2D eigenvalue weighted by Crippen LogP contribution is 2.22. The minimum atomic E-state index is -0.872. The first-order valence-corrected chi connectivity index (χ1v) is 4.99. The number of nitro groups is 1. The summed E-state index contributed by atoms with van der Waals surface area (Å²) in [4.78, 5) is 20.6. The number of hydrogen-bond acceptors (Lipinski definition) is 5. The molecular formula is C10H12FN3O4. The third-order valence-electron chi connectivity index (χ3n) is 2.22. The lowest BCUT2D eigenvalue weighted by Gasteiger charge is -2.13. The van der Waals surface area contributed by atoms with E-state index in [1.807, 2.05) is 0 Å². The summed E-state index contributed by atoms with van der Waals surface area (Å²) in [6.45, 7) is -0.166. The largest absolute Gasteiger partial charge is 0.488 e. The number of rotatable bonds is 6. The highest BCUT2D eigenvalue weighted by molar-refractivity contribution is 5.79. The number of carbonyl (C=O) groups excluding carboxylic acids is 1. The molecule has 0 aromatic heterocycles. The highest BCUT2D eigenvalue weighted by Gasteiger charge is 2.16. The third-order valence-corrected chi connectivity index (χ3v) is 2.22. The van der Waals surface area contributed by atoms with E-state index in [0.717, 1.165) is 18.2 Å². The molecule has 0 aliphatic heterocycles. The number of non-ortho nitro benzene ring substituents is 1. The topological polar surface area (TPSA) is 107 Å². The molecule has 0 aliphatic carbocycles. The average molecular weight is 257 g/mol. The number of nitrogens with two attached hydrogens (primary N) is 1. The van der Waals surface area contributed by atoms with Gasteiger partial charge in [-0.3, -0.25) is 14.9 Å². The number of halogens is 1. The molecule has 1 aromatic carbocycles. The van der Waals surface area contributed by atoms with Gasteiger partial charge in [-0.1, -0.05) is 0 Å². The maximum absolute atomic E-state index is 13.4. The van der Waals surface area contributed by atoms with Crippen molar-refractivity contribution in [3.05, 3.63) is 34.1 Å². The molecule has 0 aliphatic rings. The van der Waals surface area contributed by atoms with E-state index >= 15 is 0 Å². The molecular weight excluding hydrogens is 245 g/mol. The lowest BCUT2D eigenvalue weighted by Crippen LogP contribution is -2.43. The van der Waals surface area contributed by atoms with Gasteiger partial charge in [0.1, 0.15) is 12.6 Å². The zero-order valence-electron chi connectivity index (χ0n) is 9.55.